The fourth-order valence-corrected chi connectivity index (χ4v) is 4.33. The van der Waals surface area contributed by atoms with Crippen LogP contribution in [-0.4, -0.2) is 39.9 Å². The lowest BCUT2D eigenvalue weighted by molar-refractivity contribution is -0.132. The molecule has 0 aliphatic rings. The predicted octanol–water partition coefficient (Wildman–Crippen LogP) is 2.85. The second kappa shape index (κ2) is 11.3. The summed E-state index contributed by atoms with van der Waals surface area (Å²) in [5, 5.41) is 2.14. The molecule has 3 aromatic carbocycles. The molecule has 35 heavy (non-hydrogen) atoms. The highest BCUT2D eigenvalue weighted by Crippen LogP contribution is 2.27. The average Bonchev–Trinajstić information content (AvgIpc) is 2.84. The number of rotatable bonds is 9. The number of imide groups is 1. The Bertz CT molecular complexity index is 1320. The third-order valence-corrected chi connectivity index (χ3v) is 6.22. The molecule has 0 fully saturated rings. The van der Waals surface area contributed by atoms with Crippen molar-refractivity contribution in [2.75, 3.05) is 18.4 Å². The maximum Gasteiger partial charge on any atom is 0.338 e. The van der Waals surface area contributed by atoms with E-state index in [1.165, 1.54) is 19.2 Å². The van der Waals surface area contributed by atoms with Gasteiger partial charge in [-0.1, -0.05) is 48.0 Å². The molecule has 0 unspecified atom stereocenters. The van der Waals surface area contributed by atoms with Gasteiger partial charge in [0, 0.05) is 5.69 Å². The lowest BCUT2D eigenvalue weighted by Gasteiger charge is -2.13. The van der Waals surface area contributed by atoms with Crippen LogP contribution in [0.5, 0.6) is 5.75 Å². The molecule has 0 saturated heterocycles. The molecule has 10 heteroatoms. The van der Waals surface area contributed by atoms with E-state index in [4.69, 9.17) is 9.47 Å². The first kappa shape index (κ1) is 25.4. The summed E-state index contributed by atoms with van der Waals surface area (Å²) in [5.74, 6) is -2.27. The van der Waals surface area contributed by atoms with E-state index in [1.807, 2.05) is 6.92 Å². The number of ether oxygens (including phenoxy) is 2. The number of methoxy groups -OCH3 is 1. The summed E-state index contributed by atoms with van der Waals surface area (Å²) in [6, 6.07) is 19.3. The summed E-state index contributed by atoms with van der Waals surface area (Å²) in [6.07, 6.45) is -0.00575. The Morgan fingerprint density at radius 1 is 0.886 bits per heavy atom. The van der Waals surface area contributed by atoms with Crippen molar-refractivity contribution in [3.8, 4) is 5.75 Å². The van der Waals surface area contributed by atoms with E-state index in [9.17, 15) is 22.8 Å². The van der Waals surface area contributed by atoms with Gasteiger partial charge in [0.25, 0.3) is 15.9 Å². The van der Waals surface area contributed by atoms with E-state index >= 15 is 0 Å². The van der Waals surface area contributed by atoms with Crippen molar-refractivity contribution in [3.05, 3.63) is 89.5 Å². The molecule has 2 amide bonds. The van der Waals surface area contributed by atoms with Crippen LogP contribution in [-0.2, 0) is 30.8 Å². The van der Waals surface area contributed by atoms with E-state index in [2.05, 4.69) is 10.0 Å². The van der Waals surface area contributed by atoms with Gasteiger partial charge in [-0.05, 0) is 42.8 Å². The SMILES string of the molecule is COc1ccc(C(=O)OCC(=O)NC(=O)Cc2ccccc2)cc1S(=O)(=O)Nc1ccc(C)cc1. The number of sulfonamides is 1. The second-order valence-electron chi connectivity index (χ2n) is 7.55. The summed E-state index contributed by atoms with van der Waals surface area (Å²) >= 11 is 0. The minimum absolute atomic E-state index is 0.00575. The lowest BCUT2D eigenvalue weighted by atomic mass is 10.1. The Morgan fingerprint density at radius 3 is 2.23 bits per heavy atom. The molecule has 0 aromatic heterocycles. The lowest BCUT2D eigenvalue weighted by Crippen LogP contribution is -2.35. The quantitative estimate of drug-likeness (QED) is 0.436. The molecule has 9 nitrogen and oxygen atoms in total. The number of carbonyl (C=O) groups is 3. The molecule has 0 heterocycles. The molecular formula is C25H24N2O7S. The van der Waals surface area contributed by atoms with Gasteiger partial charge in [-0.3, -0.25) is 19.6 Å². The van der Waals surface area contributed by atoms with Crippen LogP contribution in [0, 0.1) is 6.92 Å². The van der Waals surface area contributed by atoms with Crippen LogP contribution >= 0.6 is 0 Å². The molecule has 0 aliphatic heterocycles. The van der Waals surface area contributed by atoms with E-state index in [-0.39, 0.29) is 22.6 Å². The maximum atomic E-state index is 12.9. The van der Waals surface area contributed by atoms with Crippen LogP contribution in [0.1, 0.15) is 21.5 Å². The zero-order chi connectivity index (χ0) is 25.4. The topological polar surface area (TPSA) is 128 Å². The Hall–Kier alpha value is -4.18. The molecule has 0 atom stereocenters. The predicted molar refractivity (Wildman–Crippen MR) is 129 cm³/mol. The van der Waals surface area contributed by atoms with E-state index < -0.39 is 34.4 Å². The molecule has 182 valence electrons. The zero-order valence-corrected chi connectivity index (χ0v) is 19.9. The van der Waals surface area contributed by atoms with E-state index in [1.54, 1.807) is 54.6 Å². The summed E-state index contributed by atoms with van der Waals surface area (Å²) in [6.45, 7) is 1.16. The summed E-state index contributed by atoms with van der Waals surface area (Å²) in [4.78, 5) is 36.1. The molecule has 0 saturated carbocycles. The highest BCUT2D eigenvalue weighted by Gasteiger charge is 2.23. The number of benzene rings is 3. The number of hydrogen-bond donors (Lipinski definition) is 2. The summed E-state index contributed by atoms with van der Waals surface area (Å²) in [7, 11) is -2.81. The highest BCUT2D eigenvalue weighted by molar-refractivity contribution is 7.92. The van der Waals surface area contributed by atoms with Crippen LogP contribution < -0.4 is 14.8 Å². The molecular weight excluding hydrogens is 472 g/mol. The first-order valence-electron chi connectivity index (χ1n) is 10.5. The third-order valence-electron chi connectivity index (χ3n) is 4.81. The van der Waals surface area contributed by atoms with Gasteiger partial charge in [0.1, 0.15) is 10.6 Å². The fraction of sp³-hybridized carbons (Fsp3) is 0.160. The van der Waals surface area contributed by atoms with Crippen molar-refractivity contribution in [1.29, 1.82) is 0 Å². The number of carbonyl (C=O) groups excluding carboxylic acids is 3. The number of anilines is 1. The smallest absolute Gasteiger partial charge is 0.338 e. The Labute approximate surface area is 203 Å². The van der Waals surface area contributed by atoms with Gasteiger partial charge in [-0.2, -0.15) is 0 Å². The monoisotopic (exact) mass is 496 g/mol. The van der Waals surface area contributed by atoms with Crippen molar-refractivity contribution in [3.63, 3.8) is 0 Å². The largest absolute Gasteiger partial charge is 0.495 e. The number of nitrogens with one attached hydrogen (secondary N) is 2. The van der Waals surface area contributed by atoms with Crippen LogP contribution in [0.3, 0.4) is 0 Å². The first-order chi connectivity index (χ1) is 16.7. The first-order valence-corrected chi connectivity index (χ1v) is 12.0. The number of aryl methyl sites for hydroxylation is 1. The normalized spacial score (nSPS) is 10.8. The molecule has 2 N–H and O–H groups in total. The Balaban J connectivity index is 1.65. The summed E-state index contributed by atoms with van der Waals surface area (Å²) in [5.41, 5.74) is 1.91. The fourth-order valence-electron chi connectivity index (χ4n) is 3.08. The van der Waals surface area contributed by atoms with Gasteiger partial charge in [0.15, 0.2) is 6.61 Å². The molecule has 0 radical (unpaired) electrons. The van der Waals surface area contributed by atoms with Gasteiger partial charge in [-0.25, -0.2) is 13.2 Å². The minimum Gasteiger partial charge on any atom is -0.495 e. The Morgan fingerprint density at radius 2 is 1.57 bits per heavy atom. The van der Waals surface area contributed by atoms with E-state index in [0.29, 0.717) is 5.69 Å². The standard InChI is InChI=1S/C25H24N2O7S/c1-17-8-11-20(12-9-17)27-35(31,32)22-15-19(10-13-21(22)33-2)25(30)34-16-24(29)26-23(28)14-18-6-4-3-5-7-18/h3-13,15,27H,14,16H2,1-2H3,(H,26,28,29). The van der Waals surface area contributed by atoms with Gasteiger partial charge in [-0.15, -0.1) is 0 Å². The van der Waals surface area contributed by atoms with Crippen molar-refractivity contribution in [2.45, 2.75) is 18.2 Å². The van der Waals surface area contributed by atoms with E-state index in [0.717, 1.165) is 17.2 Å². The van der Waals surface area contributed by atoms with Crippen LogP contribution in [0.4, 0.5) is 5.69 Å². The van der Waals surface area contributed by atoms with Crippen molar-refractivity contribution >= 4 is 33.5 Å². The minimum atomic E-state index is -4.11. The van der Waals surface area contributed by atoms with Crippen molar-refractivity contribution < 1.29 is 32.3 Å². The molecule has 0 aliphatic carbocycles. The number of hydrogen-bond acceptors (Lipinski definition) is 7. The van der Waals surface area contributed by atoms with Crippen LogP contribution in [0.15, 0.2) is 77.7 Å². The van der Waals surface area contributed by atoms with Gasteiger partial charge >= 0.3 is 5.97 Å². The Kier molecular flexibility index (Phi) is 8.21. The molecule has 0 bridgehead atoms. The van der Waals surface area contributed by atoms with Gasteiger partial charge in [0.2, 0.25) is 5.91 Å². The van der Waals surface area contributed by atoms with Crippen LogP contribution in [0.2, 0.25) is 0 Å². The van der Waals surface area contributed by atoms with Crippen molar-refractivity contribution in [1.82, 2.24) is 5.32 Å². The number of esters is 1. The third kappa shape index (κ3) is 7.15. The molecule has 3 aromatic rings. The van der Waals surface area contributed by atoms with Gasteiger partial charge in [0.05, 0.1) is 19.1 Å². The maximum absolute atomic E-state index is 12.9. The zero-order valence-electron chi connectivity index (χ0n) is 19.1. The average molecular weight is 497 g/mol. The molecule has 0 spiro atoms. The second-order valence-corrected chi connectivity index (χ2v) is 9.20. The van der Waals surface area contributed by atoms with Crippen molar-refractivity contribution in [2.24, 2.45) is 0 Å². The highest BCUT2D eigenvalue weighted by atomic mass is 32.2. The van der Waals surface area contributed by atoms with Crippen LogP contribution in [0.25, 0.3) is 0 Å². The molecule has 3 rings (SSSR count). The number of amides is 2. The summed E-state index contributed by atoms with van der Waals surface area (Å²) < 4.78 is 38.4. The van der Waals surface area contributed by atoms with Gasteiger partial charge < -0.3 is 9.47 Å².